The highest BCUT2D eigenvalue weighted by Gasteiger charge is 2.25. The van der Waals surface area contributed by atoms with E-state index in [1.54, 1.807) is 0 Å². The normalized spacial score (nSPS) is 23.1. The molecule has 6 nitrogen and oxygen atoms in total. The van der Waals surface area contributed by atoms with E-state index in [0.717, 1.165) is 19.4 Å². The van der Waals surface area contributed by atoms with Crippen LogP contribution < -0.4 is 10.6 Å². The highest BCUT2D eigenvalue weighted by molar-refractivity contribution is 5.85. The van der Waals surface area contributed by atoms with Crippen LogP contribution in [0.15, 0.2) is 0 Å². The maximum atomic E-state index is 11.5. The number of rotatable bonds is 4. The van der Waals surface area contributed by atoms with E-state index in [1.807, 2.05) is 0 Å². The number of carbonyl (C=O) groups excluding carboxylic acids is 1. The molecule has 1 rings (SSSR count). The standard InChI is InChI=1S/C9H16N2O4/c12-5-7(9(14)15)11-8(13)6-2-1-3-10-4-6/h6-7,10,12H,1-5H2,(H,11,13)(H,14,15)/t6?,7-/m0/s1. The summed E-state index contributed by atoms with van der Waals surface area (Å²) in [6, 6.07) is -1.19. The lowest BCUT2D eigenvalue weighted by Gasteiger charge is -2.23. The summed E-state index contributed by atoms with van der Waals surface area (Å²) in [4.78, 5) is 22.1. The molecule has 15 heavy (non-hydrogen) atoms. The van der Waals surface area contributed by atoms with Crippen LogP contribution in [0.1, 0.15) is 12.8 Å². The Morgan fingerprint density at radius 3 is 2.73 bits per heavy atom. The number of piperidine rings is 1. The predicted octanol–water partition coefficient (Wildman–Crippen LogP) is -1.45. The Kier molecular flexibility index (Phi) is 4.51. The lowest BCUT2D eigenvalue weighted by molar-refractivity contribution is -0.143. The Hall–Kier alpha value is -1.14. The number of aliphatic carboxylic acids is 1. The van der Waals surface area contributed by atoms with Crippen LogP contribution in [0.2, 0.25) is 0 Å². The fourth-order valence-electron chi connectivity index (χ4n) is 1.55. The van der Waals surface area contributed by atoms with Gasteiger partial charge >= 0.3 is 5.97 Å². The molecule has 0 spiro atoms. The molecule has 2 atom stereocenters. The van der Waals surface area contributed by atoms with Crippen molar-refractivity contribution in [1.82, 2.24) is 10.6 Å². The summed E-state index contributed by atoms with van der Waals surface area (Å²) in [5.74, 6) is -1.70. The number of carbonyl (C=O) groups is 2. The number of amides is 1. The molecule has 1 aliphatic rings. The van der Waals surface area contributed by atoms with Gasteiger partial charge in [0.15, 0.2) is 0 Å². The molecule has 4 N–H and O–H groups in total. The van der Waals surface area contributed by atoms with Crippen LogP contribution in [0, 0.1) is 5.92 Å². The second kappa shape index (κ2) is 5.67. The third kappa shape index (κ3) is 3.49. The molecule has 1 aliphatic heterocycles. The van der Waals surface area contributed by atoms with E-state index in [4.69, 9.17) is 10.2 Å². The summed E-state index contributed by atoms with van der Waals surface area (Å²) in [7, 11) is 0. The van der Waals surface area contributed by atoms with Crippen molar-refractivity contribution in [1.29, 1.82) is 0 Å². The SMILES string of the molecule is O=C(N[C@@H](CO)C(=O)O)C1CCCNC1. The van der Waals surface area contributed by atoms with Crippen molar-refractivity contribution in [3.05, 3.63) is 0 Å². The molecule has 0 radical (unpaired) electrons. The van der Waals surface area contributed by atoms with E-state index in [9.17, 15) is 9.59 Å². The Labute approximate surface area is 87.7 Å². The van der Waals surface area contributed by atoms with Crippen molar-refractivity contribution in [2.24, 2.45) is 5.92 Å². The molecule has 0 saturated carbocycles. The summed E-state index contributed by atoms with van der Waals surface area (Å²) in [5, 5.41) is 22.7. The van der Waals surface area contributed by atoms with Gasteiger partial charge in [-0.2, -0.15) is 0 Å². The van der Waals surface area contributed by atoms with Crippen molar-refractivity contribution >= 4 is 11.9 Å². The van der Waals surface area contributed by atoms with Gasteiger partial charge in [-0.15, -0.1) is 0 Å². The molecule has 1 amide bonds. The second-order valence-corrected chi connectivity index (χ2v) is 3.63. The van der Waals surface area contributed by atoms with Crippen molar-refractivity contribution in [3.63, 3.8) is 0 Å². The Bertz CT molecular complexity index is 238. The van der Waals surface area contributed by atoms with E-state index in [0.29, 0.717) is 6.54 Å². The number of aliphatic hydroxyl groups is 1. The summed E-state index contributed by atoms with van der Waals surface area (Å²) in [6.45, 7) is 0.886. The van der Waals surface area contributed by atoms with Gasteiger partial charge in [-0.3, -0.25) is 4.79 Å². The first kappa shape index (κ1) is 11.9. The Morgan fingerprint density at radius 1 is 1.53 bits per heavy atom. The van der Waals surface area contributed by atoms with Crippen LogP contribution in [0.25, 0.3) is 0 Å². The average molecular weight is 216 g/mol. The number of hydrogen-bond donors (Lipinski definition) is 4. The van der Waals surface area contributed by atoms with Gasteiger partial charge < -0.3 is 20.8 Å². The van der Waals surface area contributed by atoms with Crippen LogP contribution in [-0.4, -0.2) is 47.8 Å². The van der Waals surface area contributed by atoms with Crippen molar-refractivity contribution in [2.45, 2.75) is 18.9 Å². The highest BCUT2D eigenvalue weighted by Crippen LogP contribution is 2.09. The van der Waals surface area contributed by atoms with Gasteiger partial charge in [0.25, 0.3) is 0 Å². The molecule has 0 aromatic carbocycles. The number of carboxylic acids is 1. The first-order chi connectivity index (χ1) is 7.15. The van der Waals surface area contributed by atoms with Gasteiger partial charge in [-0.25, -0.2) is 4.79 Å². The van der Waals surface area contributed by atoms with E-state index in [2.05, 4.69) is 10.6 Å². The molecule has 1 heterocycles. The van der Waals surface area contributed by atoms with E-state index in [-0.39, 0.29) is 11.8 Å². The molecule has 1 saturated heterocycles. The van der Waals surface area contributed by atoms with Crippen LogP contribution in [-0.2, 0) is 9.59 Å². The Morgan fingerprint density at radius 2 is 2.27 bits per heavy atom. The average Bonchev–Trinajstić information content (AvgIpc) is 2.26. The molecule has 0 aromatic heterocycles. The number of nitrogens with one attached hydrogen (secondary N) is 2. The fraction of sp³-hybridized carbons (Fsp3) is 0.778. The zero-order valence-corrected chi connectivity index (χ0v) is 8.40. The maximum absolute atomic E-state index is 11.5. The lowest BCUT2D eigenvalue weighted by Crippen LogP contribution is -2.48. The van der Waals surface area contributed by atoms with Gasteiger partial charge in [-0.1, -0.05) is 0 Å². The minimum Gasteiger partial charge on any atom is -0.480 e. The van der Waals surface area contributed by atoms with Gasteiger partial charge in [0.2, 0.25) is 5.91 Å². The maximum Gasteiger partial charge on any atom is 0.328 e. The van der Waals surface area contributed by atoms with Gasteiger partial charge in [0.05, 0.1) is 12.5 Å². The molecular weight excluding hydrogens is 200 g/mol. The summed E-state index contributed by atoms with van der Waals surface area (Å²) in [6.07, 6.45) is 1.67. The number of carboxylic acid groups (broad SMARTS) is 1. The van der Waals surface area contributed by atoms with Gasteiger partial charge in [-0.05, 0) is 19.4 Å². The van der Waals surface area contributed by atoms with E-state index < -0.39 is 18.6 Å². The Balaban J connectivity index is 2.42. The van der Waals surface area contributed by atoms with Crippen LogP contribution in [0.3, 0.4) is 0 Å². The molecule has 86 valence electrons. The predicted molar refractivity (Wildman–Crippen MR) is 52.2 cm³/mol. The molecule has 6 heteroatoms. The number of hydrogen-bond acceptors (Lipinski definition) is 4. The number of aliphatic hydroxyl groups excluding tert-OH is 1. The largest absolute Gasteiger partial charge is 0.480 e. The van der Waals surface area contributed by atoms with E-state index >= 15 is 0 Å². The third-order valence-corrected chi connectivity index (χ3v) is 2.46. The minimum absolute atomic E-state index is 0.188. The smallest absolute Gasteiger partial charge is 0.328 e. The van der Waals surface area contributed by atoms with Crippen molar-refractivity contribution in [2.75, 3.05) is 19.7 Å². The molecule has 1 unspecified atom stereocenters. The van der Waals surface area contributed by atoms with Gasteiger partial charge in [0.1, 0.15) is 6.04 Å². The topological polar surface area (TPSA) is 98.7 Å². The molecule has 1 fully saturated rings. The first-order valence-corrected chi connectivity index (χ1v) is 5.00. The summed E-state index contributed by atoms with van der Waals surface area (Å²) in [5.41, 5.74) is 0. The summed E-state index contributed by atoms with van der Waals surface area (Å²) >= 11 is 0. The van der Waals surface area contributed by atoms with Crippen LogP contribution in [0.4, 0.5) is 0 Å². The van der Waals surface area contributed by atoms with Crippen molar-refractivity contribution < 1.29 is 19.8 Å². The second-order valence-electron chi connectivity index (χ2n) is 3.63. The monoisotopic (exact) mass is 216 g/mol. The fourth-order valence-corrected chi connectivity index (χ4v) is 1.55. The molecule has 0 aromatic rings. The quantitative estimate of drug-likeness (QED) is 0.461. The molecular formula is C9H16N2O4. The highest BCUT2D eigenvalue weighted by atomic mass is 16.4. The minimum atomic E-state index is -1.21. The third-order valence-electron chi connectivity index (χ3n) is 2.46. The molecule has 0 bridgehead atoms. The summed E-state index contributed by atoms with van der Waals surface area (Å²) < 4.78 is 0. The van der Waals surface area contributed by atoms with Crippen molar-refractivity contribution in [3.8, 4) is 0 Å². The van der Waals surface area contributed by atoms with Crippen LogP contribution in [0.5, 0.6) is 0 Å². The van der Waals surface area contributed by atoms with Crippen LogP contribution >= 0.6 is 0 Å². The first-order valence-electron chi connectivity index (χ1n) is 5.00. The van der Waals surface area contributed by atoms with Gasteiger partial charge in [0, 0.05) is 6.54 Å². The lowest BCUT2D eigenvalue weighted by atomic mass is 9.98. The zero-order valence-electron chi connectivity index (χ0n) is 8.40. The zero-order chi connectivity index (χ0) is 11.3. The van der Waals surface area contributed by atoms with E-state index in [1.165, 1.54) is 0 Å². The molecule has 0 aliphatic carbocycles.